The van der Waals surface area contributed by atoms with E-state index in [2.05, 4.69) is 5.16 Å². The van der Waals surface area contributed by atoms with Crippen LogP contribution in [-0.2, 0) is 0 Å². The van der Waals surface area contributed by atoms with Crippen LogP contribution in [-0.4, -0.2) is 27.0 Å². The van der Waals surface area contributed by atoms with Crippen molar-refractivity contribution in [2.45, 2.75) is 13.0 Å². The van der Waals surface area contributed by atoms with E-state index in [1.54, 1.807) is 13.0 Å². The number of hydrogen-bond acceptors (Lipinski definition) is 3. The van der Waals surface area contributed by atoms with Gasteiger partial charge in [0.05, 0.1) is 5.71 Å². The minimum atomic E-state index is -1.08. The van der Waals surface area contributed by atoms with Crippen LogP contribution in [0.3, 0.4) is 0 Å². The summed E-state index contributed by atoms with van der Waals surface area (Å²) in [6.07, 6.45) is 2.12. The molecule has 1 amide bonds. The Morgan fingerprint density at radius 2 is 2.12 bits per heavy atom. The van der Waals surface area contributed by atoms with Crippen LogP contribution in [0, 0.1) is 0 Å². The van der Waals surface area contributed by atoms with Crippen molar-refractivity contribution in [2.75, 3.05) is 0 Å². The highest BCUT2D eigenvalue weighted by molar-refractivity contribution is 5.93. The molecule has 5 heteroatoms. The molecule has 0 bridgehead atoms. The highest BCUT2D eigenvalue weighted by Gasteiger charge is 2.30. The molecule has 1 heterocycles. The zero-order valence-electron chi connectivity index (χ0n) is 9.24. The molecular weight excluding hydrogens is 220 g/mol. The Morgan fingerprint density at radius 3 is 2.76 bits per heavy atom. The second kappa shape index (κ2) is 4.29. The van der Waals surface area contributed by atoms with Gasteiger partial charge in [-0.3, -0.25) is 4.90 Å². The maximum absolute atomic E-state index is 11.1. The van der Waals surface area contributed by atoms with Crippen LogP contribution in [0.4, 0.5) is 4.79 Å². The molecule has 0 radical (unpaired) electrons. The molecule has 17 heavy (non-hydrogen) atoms. The normalized spacial score (nSPS) is 19.0. The summed E-state index contributed by atoms with van der Waals surface area (Å²) >= 11 is 0. The lowest BCUT2D eigenvalue weighted by Gasteiger charge is -2.30. The number of oxime groups is 1. The van der Waals surface area contributed by atoms with E-state index in [0.717, 1.165) is 16.0 Å². The van der Waals surface area contributed by atoms with Gasteiger partial charge < -0.3 is 10.3 Å². The van der Waals surface area contributed by atoms with Gasteiger partial charge in [0.2, 0.25) is 0 Å². The molecule has 1 aliphatic heterocycles. The van der Waals surface area contributed by atoms with Crippen LogP contribution in [0.2, 0.25) is 0 Å². The largest absolute Gasteiger partial charge is 0.465 e. The molecule has 5 nitrogen and oxygen atoms in total. The third-order valence-electron chi connectivity index (χ3n) is 2.76. The van der Waals surface area contributed by atoms with Gasteiger partial charge in [0.1, 0.15) is 6.04 Å². The SMILES string of the molecule is CC(=NO)C1c2ccccc2C=CN1C(=O)O. The summed E-state index contributed by atoms with van der Waals surface area (Å²) in [6.45, 7) is 1.59. The van der Waals surface area contributed by atoms with Gasteiger partial charge in [-0.2, -0.15) is 0 Å². The Bertz CT molecular complexity index is 508. The molecule has 0 saturated carbocycles. The molecule has 1 aliphatic rings. The third-order valence-corrected chi connectivity index (χ3v) is 2.76. The molecule has 0 aromatic heterocycles. The maximum Gasteiger partial charge on any atom is 0.412 e. The summed E-state index contributed by atoms with van der Waals surface area (Å²) in [5, 5.41) is 21.1. The van der Waals surface area contributed by atoms with E-state index in [-0.39, 0.29) is 0 Å². The molecular formula is C12H12N2O3. The zero-order chi connectivity index (χ0) is 12.4. The Labute approximate surface area is 98.3 Å². The van der Waals surface area contributed by atoms with Crippen LogP contribution in [0.5, 0.6) is 0 Å². The fourth-order valence-electron chi connectivity index (χ4n) is 1.96. The van der Waals surface area contributed by atoms with E-state index in [9.17, 15) is 4.79 Å². The molecule has 1 aromatic rings. The molecule has 0 saturated heterocycles. The van der Waals surface area contributed by atoms with Crippen molar-refractivity contribution in [1.82, 2.24) is 4.90 Å². The van der Waals surface area contributed by atoms with E-state index in [0.29, 0.717) is 5.71 Å². The first-order chi connectivity index (χ1) is 8.15. The Balaban J connectivity index is 2.55. The average molecular weight is 232 g/mol. The number of amides is 1. The molecule has 1 unspecified atom stereocenters. The zero-order valence-corrected chi connectivity index (χ0v) is 9.24. The fourth-order valence-corrected chi connectivity index (χ4v) is 1.96. The van der Waals surface area contributed by atoms with Gasteiger partial charge in [0.25, 0.3) is 0 Å². The van der Waals surface area contributed by atoms with Gasteiger partial charge >= 0.3 is 6.09 Å². The second-order valence-electron chi connectivity index (χ2n) is 3.78. The number of carboxylic acid groups (broad SMARTS) is 1. The summed E-state index contributed by atoms with van der Waals surface area (Å²) in [5.41, 5.74) is 2.08. The lowest BCUT2D eigenvalue weighted by atomic mass is 9.94. The molecule has 0 aliphatic carbocycles. The van der Waals surface area contributed by atoms with Crippen molar-refractivity contribution >= 4 is 17.9 Å². The number of nitrogens with zero attached hydrogens (tertiary/aromatic N) is 2. The van der Waals surface area contributed by atoms with E-state index in [1.807, 2.05) is 24.3 Å². The summed E-state index contributed by atoms with van der Waals surface area (Å²) < 4.78 is 0. The van der Waals surface area contributed by atoms with Crippen molar-refractivity contribution in [3.63, 3.8) is 0 Å². The molecule has 2 N–H and O–H groups in total. The van der Waals surface area contributed by atoms with Gasteiger partial charge in [0.15, 0.2) is 0 Å². The van der Waals surface area contributed by atoms with Crippen LogP contribution in [0.1, 0.15) is 24.1 Å². The van der Waals surface area contributed by atoms with Crippen molar-refractivity contribution in [3.05, 3.63) is 41.6 Å². The predicted molar refractivity (Wildman–Crippen MR) is 63.0 cm³/mol. The Hall–Kier alpha value is -2.30. The van der Waals surface area contributed by atoms with E-state index < -0.39 is 12.1 Å². The van der Waals surface area contributed by atoms with Crippen molar-refractivity contribution in [3.8, 4) is 0 Å². The number of carbonyl (C=O) groups is 1. The first-order valence-corrected chi connectivity index (χ1v) is 5.12. The minimum absolute atomic E-state index is 0.337. The molecule has 88 valence electrons. The van der Waals surface area contributed by atoms with Crippen LogP contribution in [0.25, 0.3) is 6.08 Å². The molecule has 0 spiro atoms. The van der Waals surface area contributed by atoms with Gasteiger partial charge in [-0.1, -0.05) is 29.4 Å². The Kier molecular flexibility index (Phi) is 2.82. The third kappa shape index (κ3) is 1.87. The monoisotopic (exact) mass is 232 g/mol. The van der Waals surface area contributed by atoms with Crippen molar-refractivity contribution < 1.29 is 15.1 Å². The van der Waals surface area contributed by atoms with E-state index in [1.165, 1.54) is 6.20 Å². The predicted octanol–water partition coefficient (Wildman–Crippen LogP) is 2.54. The molecule has 0 fully saturated rings. The first kappa shape index (κ1) is 11.2. The molecule has 1 atom stereocenters. The van der Waals surface area contributed by atoms with E-state index >= 15 is 0 Å². The van der Waals surface area contributed by atoms with Crippen LogP contribution >= 0.6 is 0 Å². The maximum atomic E-state index is 11.1. The lowest BCUT2D eigenvalue weighted by molar-refractivity contribution is 0.156. The summed E-state index contributed by atoms with van der Waals surface area (Å²) in [6, 6.07) is 6.85. The number of rotatable bonds is 1. The quantitative estimate of drug-likeness (QED) is 0.444. The minimum Gasteiger partial charge on any atom is -0.465 e. The Morgan fingerprint density at radius 1 is 1.41 bits per heavy atom. The average Bonchev–Trinajstić information content (AvgIpc) is 2.36. The number of hydrogen-bond donors (Lipinski definition) is 2. The lowest BCUT2D eigenvalue weighted by Crippen LogP contribution is -2.35. The van der Waals surface area contributed by atoms with Gasteiger partial charge in [-0.25, -0.2) is 4.79 Å². The fraction of sp³-hybridized carbons (Fsp3) is 0.167. The standard InChI is InChI=1S/C12H12N2O3/c1-8(13-17)11-10-5-3-2-4-9(10)6-7-14(11)12(15)16/h2-7,11,17H,1H3,(H,15,16). The first-order valence-electron chi connectivity index (χ1n) is 5.12. The van der Waals surface area contributed by atoms with Gasteiger partial charge in [-0.05, 0) is 24.1 Å². The smallest absolute Gasteiger partial charge is 0.412 e. The summed E-state index contributed by atoms with van der Waals surface area (Å²) in [7, 11) is 0. The van der Waals surface area contributed by atoms with Gasteiger partial charge in [0, 0.05) is 6.20 Å². The van der Waals surface area contributed by atoms with Crippen LogP contribution < -0.4 is 0 Å². The molecule has 1 aromatic carbocycles. The second-order valence-corrected chi connectivity index (χ2v) is 3.78. The van der Waals surface area contributed by atoms with Crippen molar-refractivity contribution in [1.29, 1.82) is 0 Å². The van der Waals surface area contributed by atoms with Gasteiger partial charge in [-0.15, -0.1) is 0 Å². The highest BCUT2D eigenvalue weighted by Crippen LogP contribution is 2.31. The number of benzene rings is 1. The summed E-state index contributed by atoms with van der Waals surface area (Å²) in [5.74, 6) is 0. The van der Waals surface area contributed by atoms with E-state index in [4.69, 9.17) is 10.3 Å². The van der Waals surface area contributed by atoms with Crippen LogP contribution in [0.15, 0.2) is 35.6 Å². The summed E-state index contributed by atoms with van der Waals surface area (Å²) in [4.78, 5) is 12.3. The topological polar surface area (TPSA) is 73.1 Å². The van der Waals surface area contributed by atoms with Crippen molar-refractivity contribution in [2.24, 2.45) is 5.16 Å². The highest BCUT2D eigenvalue weighted by atomic mass is 16.4. The number of fused-ring (bicyclic) bond motifs is 1. The molecule has 2 rings (SSSR count).